The number of carbonyl (C=O) groups excluding carboxylic acids is 1. The molecule has 0 spiro atoms. The summed E-state index contributed by atoms with van der Waals surface area (Å²) in [7, 11) is 3.43. The second kappa shape index (κ2) is 7.68. The fourth-order valence-corrected chi connectivity index (χ4v) is 3.86. The minimum atomic E-state index is -0.565. The summed E-state index contributed by atoms with van der Waals surface area (Å²) >= 11 is 0. The van der Waals surface area contributed by atoms with E-state index in [-0.39, 0.29) is 6.61 Å². The third kappa shape index (κ3) is 3.03. The van der Waals surface area contributed by atoms with Crippen molar-refractivity contribution in [1.82, 2.24) is 19.5 Å². The molecule has 0 bridgehead atoms. The molecular weight excluding hydrogens is 384 g/mol. The summed E-state index contributed by atoms with van der Waals surface area (Å²) in [5, 5.41) is 9.39. The molecule has 0 fully saturated rings. The molecule has 1 amide bonds. The van der Waals surface area contributed by atoms with Gasteiger partial charge in [0.05, 0.1) is 54.2 Å². The molecule has 0 saturated heterocycles. The number of anilines is 1. The first-order valence-corrected chi connectivity index (χ1v) is 9.65. The quantitative estimate of drug-likeness (QED) is 0.431. The van der Waals surface area contributed by atoms with Crippen LogP contribution in [0.2, 0.25) is 0 Å². The van der Waals surface area contributed by atoms with Gasteiger partial charge in [-0.3, -0.25) is 4.79 Å². The van der Waals surface area contributed by atoms with Crippen molar-refractivity contribution in [3.05, 3.63) is 36.4 Å². The van der Waals surface area contributed by atoms with Gasteiger partial charge in [0.1, 0.15) is 11.3 Å². The number of likely N-dealkylation sites (N-methyl/N-ethyl adjacent to an activating group) is 1. The largest absolute Gasteiger partial charge is 0.494 e. The topological polar surface area (TPSA) is 122 Å². The Bertz CT molecular complexity index is 1240. The van der Waals surface area contributed by atoms with Crippen molar-refractivity contribution in [1.29, 1.82) is 0 Å². The van der Waals surface area contributed by atoms with E-state index >= 15 is 0 Å². The molecule has 0 saturated carbocycles. The Hall–Kier alpha value is -3.59. The Balaban J connectivity index is 2.03. The summed E-state index contributed by atoms with van der Waals surface area (Å²) in [5.74, 6) is 0.139. The number of aliphatic hydroxyl groups is 1. The molecule has 4 N–H and O–H groups in total. The normalized spacial score (nSPS) is 11.3. The number of hydrogen-bond donors (Lipinski definition) is 3. The minimum Gasteiger partial charge on any atom is -0.494 e. The Morgan fingerprint density at radius 1 is 1.33 bits per heavy atom. The van der Waals surface area contributed by atoms with E-state index in [1.807, 2.05) is 29.7 Å². The molecule has 0 aliphatic rings. The average molecular weight is 408 g/mol. The van der Waals surface area contributed by atoms with Gasteiger partial charge < -0.3 is 30.0 Å². The number of H-pyrrole nitrogens is 1. The lowest BCUT2D eigenvalue weighted by Gasteiger charge is -2.22. The zero-order chi connectivity index (χ0) is 21.4. The molecule has 9 heteroatoms. The highest BCUT2D eigenvalue weighted by Crippen LogP contribution is 2.38. The number of primary amides is 1. The molecule has 9 nitrogen and oxygen atoms in total. The summed E-state index contributed by atoms with van der Waals surface area (Å²) < 4.78 is 7.68. The Morgan fingerprint density at radius 2 is 2.13 bits per heavy atom. The first kappa shape index (κ1) is 19.7. The molecule has 156 valence electrons. The lowest BCUT2D eigenvalue weighted by Crippen LogP contribution is -2.25. The van der Waals surface area contributed by atoms with Crippen LogP contribution >= 0.6 is 0 Å². The molecule has 2 heterocycles. The van der Waals surface area contributed by atoms with Crippen molar-refractivity contribution >= 4 is 33.7 Å². The third-order valence-corrected chi connectivity index (χ3v) is 5.32. The van der Waals surface area contributed by atoms with Gasteiger partial charge in [-0.2, -0.15) is 0 Å². The van der Waals surface area contributed by atoms with Crippen LogP contribution in [0.25, 0.3) is 33.2 Å². The number of aromatic nitrogens is 4. The molecule has 4 rings (SSSR count). The van der Waals surface area contributed by atoms with Crippen LogP contribution in [0.1, 0.15) is 17.3 Å². The fourth-order valence-electron chi connectivity index (χ4n) is 3.86. The smallest absolute Gasteiger partial charge is 0.253 e. The number of imidazole rings is 2. The highest BCUT2D eigenvalue weighted by atomic mass is 16.5. The van der Waals surface area contributed by atoms with Gasteiger partial charge >= 0.3 is 0 Å². The summed E-state index contributed by atoms with van der Waals surface area (Å²) in [5.41, 5.74) is 11.2. The summed E-state index contributed by atoms with van der Waals surface area (Å²) in [6.07, 6.45) is 3.33. The Morgan fingerprint density at radius 3 is 2.80 bits per heavy atom. The monoisotopic (exact) mass is 408 g/mol. The molecular formula is C21H24N6O3. The van der Waals surface area contributed by atoms with Crippen LogP contribution in [0.4, 0.5) is 5.69 Å². The molecule has 0 unspecified atom stereocenters. The predicted molar refractivity (Wildman–Crippen MR) is 116 cm³/mol. The van der Waals surface area contributed by atoms with E-state index < -0.39 is 5.91 Å². The molecule has 2 aromatic carbocycles. The number of nitrogens with one attached hydrogen (secondary N) is 1. The van der Waals surface area contributed by atoms with E-state index in [1.165, 1.54) is 6.33 Å². The van der Waals surface area contributed by atoms with Crippen LogP contribution in [0.15, 0.2) is 30.9 Å². The van der Waals surface area contributed by atoms with Crippen molar-refractivity contribution in [2.24, 2.45) is 5.73 Å². The highest BCUT2D eigenvalue weighted by Gasteiger charge is 2.22. The van der Waals surface area contributed by atoms with Crippen molar-refractivity contribution in [3.63, 3.8) is 0 Å². The van der Waals surface area contributed by atoms with Crippen LogP contribution in [0.5, 0.6) is 5.75 Å². The number of ether oxygens (including phenoxy) is 1. The zero-order valence-electron chi connectivity index (χ0n) is 17.1. The highest BCUT2D eigenvalue weighted by molar-refractivity contribution is 6.13. The number of carbonyl (C=O) groups is 1. The number of fused-ring (bicyclic) bond motifs is 2. The maximum atomic E-state index is 12.3. The predicted octanol–water partition coefficient (Wildman–Crippen LogP) is 2.14. The number of hydrogen-bond acceptors (Lipinski definition) is 6. The van der Waals surface area contributed by atoms with Crippen LogP contribution < -0.4 is 15.4 Å². The number of methoxy groups -OCH3 is 1. The van der Waals surface area contributed by atoms with Gasteiger partial charge in [0.2, 0.25) is 0 Å². The SMILES string of the molecule is CCn1cnc2cc(-c3cc(N(C)CCO)c(C(N)=O)c4[nH]cnc34)cc(OC)c21. The van der Waals surface area contributed by atoms with Crippen molar-refractivity contribution < 1.29 is 14.6 Å². The summed E-state index contributed by atoms with van der Waals surface area (Å²) in [6, 6.07) is 5.79. The number of aryl methyl sites for hydroxylation is 1. The van der Waals surface area contributed by atoms with Gasteiger partial charge in [-0.25, -0.2) is 9.97 Å². The molecule has 30 heavy (non-hydrogen) atoms. The van der Waals surface area contributed by atoms with Gasteiger partial charge in [-0.1, -0.05) is 0 Å². The van der Waals surface area contributed by atoms with Gasteiger partial charge in [0.15, 0.2) is 0 Å². The van der Waals surface area contributed by atoms with Gasteiger partial charge in [-0.05, 0) is 30.7 Å². The Labute approximate surface area is 173 Å². The van der Waals surface area contributed by atoms with E-state index in [4.69, 9.17) is 10.5 Å². The van der Waals surface area contributed by atoms with E-state index in [2.05, 4.69) is 15.0 Å². The van der Waals surface area contributed by atoms with E-state index in [1.54, 1.807) is 25.4 Å². The molecule has 0 aliphatic heterocycles. The number of aromatic amines is 1. The summed E-state index contributed by atoms with van der Waals surface area (Å²) in [4.78, 5) is 26.1. The number of nitrogens with zero attached hydrogens (tertiary/aromatic N) is 4. The van der Waals surface area contributed by atoms with E-state index in [0.29, 0.717) is 34.6 Å². The van der Waals surface area contributed by atoms with Crippen molar-refractivity contribution in [2.45, 2.75) is 13.5 Å². The number of benzene rings is 2. The van der Waals surface area contributed by atoms with Gasteiger partial charge in [0, 0.05) is 25.7 Å². The Kier molecular flexibility index (Phi) is 5.04. The van der Waals surface area contributed by atoms with E-state index in [0.717, 1.165) is 28.7 Å². The second-order valence-corrected chi connectivity index (χ2v) is 7.03. The summed E-state index contributed by atoms with van der Waals surface area (Å²) in [6.45, 7) is 3.12. The number of aliphatic hydroxyl groups excluding tert-OH is 1. The van der Waals surface area contributed by atoms with Crippen molar-refractivity contribution in [3.8, 4) is 16.9 Å². The molecule has 0 aliphatic carbocycles. The van der Waals surface area contributed by atoms with Gasteiger partial charge in [0.25, 0.3) is 5.91 Å². The zero-order valence-corrected chi connectivity index (χ0v) is 17.1. The number of amides is 1. The fraction of sp³-hybridized carbons (Fsp3) is 0.286. The van der Waals surface area contributed by atoms with Crippen molar-refractivity contribution in [2.75, 3.05) is 32.2 Å². The maximum absolute atomic E-state index is 12.3. The van der Waals surface area contributed by atoms with Gasteiger partial charge in [-0.15, -0.1) is 0 Å². The number of nitrogens with two attached hydrogens (primary N) is 1. The van der Waals surface area contributed by atoms with Crippen LogP contribution in [0, 0.1) is 0 Å². The standard InChI is InChI=1S/C21H24N6O3/c1-4-27-11-25-14-7-12(8-16(30-3)20(14)27)13-9-15(26(2)5-6-28)17(21(22)29)19-18(13)23-10-24-19/h7-11,28H,4-6H2,1-3H3,(H2,22,29)(H,23,24). The molecule has 2 aromatic heterocycles. The van der Waals surface area contributed by atoms with Crippen LogP contribution in [0.3, 0.4) is 0 Å². The lowest BCUT2D eigenvalue weighted by molar-refractivity contribution is 0.100. The first-order chi connectivity index (χ1) is 14.5. The first-order valence-electron chi connectivity index (χ1n) is 9.65. The van der Waals surface area contributed by atoms with E-state index in [9.17, 15) is 9.90 Å². The number of rotatable bonds is 7. The molecule has 4 aromatic rings. The van der Waals surface area contributed by atoms with Crippen LogP contribution in [-0.2, 0) is 6.54 Å². The molecule has 0 radical (unpaired) electrons. The van der Waals surface area contributed by atoms with Crippen LogP contribution in [-0.4, -0.2) is 57.8 Å². The average Bonchev–Trinajstić information content (AvgIpc) is 3.38. The minimum absolute atomic E-state index is 0.0563. The maximum Gasteiger partial charge on any atom is 0.253 e. The lowest BCUT2D eigenvalue weighted by atomic mass is 9.98. The molecule has 0 atom stereocenters. The third-order valence-electron chi connectivity index (χ3n) is 5.32. The second-order valence-electron chi connectivity index (χ2n) is 7.03.